The normalized spacial score (nSPS) is 10.9. The first-order chi connectivity index (χ1) is 20.7. The Labute approximate surface area is 270 Å². The Morgan fingerprint density at radius 3 is 2.21 bits per heavy atom. The number of nitrogens with zero attached hydrogens (tertiary/aromatic N) is 2. The number of ether oxygens (including phenoxy) is 3. The molecule has 218 valence electrons. The summed E-state index contributed by atoms with van der Waals surface area (Å²) in [5, 5.41) is 23.4. The van der Waals surface area contributed by atoms with Gasteiger partial charge in [-0.3, -0.25) is 14.9 Å². The molecule has 0 aliphatic carbocycles. The molecule has 0 saturated heterocycles. The topological polar surface area (TPSA) is 124 Å². The summed E-state index contributed by atoms with van der Waals surface area (Å²) in [6.45, 7) is 2.78. The van der Waals surface area contributed by atoms with Crippen LogP contribution in [0.3, 0.4) is 0 Å². The summed E-state index contributed by atoms with van der Waals surface area (Å²) >= 11 is 5.51. The molecule has 9 nitrogen and oxygen atoms in total. The zero-order chi connectivity index (χ0) is 30.8. The van der Waals surface area contributed by atoms with Gasteiger partial charge in [0.05, 0.1) is 15.1 Å². The van der Waals surface area contributed by atoms with Crippen molar-refractivity contribution in [2.24, 2.45) is 0 Å². The van der Waals surface area contributed by atoms with Crippen LogP contribution in [-0.2, 0) is 18.0 Å². The van der Waals surface area contributed by atoms with Gasteiger partial charge in [-0.1, -0.05) is 28.1 Å². The van der Waals surface area contributed by atoms with Crippen molar-refractivity contribution in [3.63, 3.8) is 0 Å². The number of nitrogens with one attached hydrogen (secondary N) is 1. The van der Waals surface area contributed by atoms with Crippen LogP contribution < -0.4 is 19.5 Å². The minimum Gasteiger partial charge on any atom is -0.490 e. The van der Waals surface area contributed by atoms with Crippen molar-refractivity contribution < 1.29 is 23.9 Å². The second kappa shape index (κ2) is 15.2. The molecule has 0 radical (unpaired) electrons. The number of amides is 1. The lowest BCUT2D eigenvalue weighted by Gasteiger charge is -2.15. The molecule has 0 aromatic heterocycles. The van der Waals surface area contributed by atoms with Gasteiger partial charge in [0.2, 0.25) is 0 Å². The molecular weight excluding hydrogens is 729 g/mol. The zero-order valence-electron chi connectivity index (χ0n) is 22.9. The summed E-state index contributed by atoms with van der Waals surface area (Å²) in [5.74, 6) is 1.02. The zero-order valence-corrected chi connectivity index (χ0v) is 26.6. The maximum atomic E-state index is 12.9. The molecule has 0 unspecified atom stereocenters. The van der Waals surface area contributed by atoms with Gasteiger partial charge in [0.25, 0.3) is 11.6 Å². The molecule has 4 rings (SSSR count). The predicted octanol–water partition coefficient (Wildman–Crippen LogP) is 8.06. The Morgan fingerprint density at radius 1 is 0.977 bits per heavy atom. The van der Waals surface area contributed by atoms with Crippen LogP contribution >= 0.6 is 38.5 Å². The van der Waals surface area contributed by atoms with Crippen LogP contribution in [0.15, 0.2) is 95.0 Å². The van der Waals surface area contributed by atoms with Crippen molar-refractivity contribution in [2.45, 2.75) is 20.1 Å². The molecular formula is C32H25BrIN3O6. The van der Waals surface area contributed by atoms with Crippen molar-refractivity contribution in [2.75, 3.05) is 11.9 Å². The molecule has 0 spiro atoms. The van der Waals surface area contributed by atoms with Crippen LogP contribution in [0.5, 0.6) is 17.2 Å². The lowest BCUT2D eigenvalue weighted by Crippen LogP contribution is -2.13. The molecule has 0 atom stereocenters. The van der Waals surface area contributed by atoms with Crippen molar-refractivity contribution in [1.82, 2.24) is 0 Å². The van der Waals surface area contributed by atoms with Gasteiger partial charge in [0.15, 0.2) is 11.5 Å². The number of carbonyl (C=O) groups is 1. The molecule has 4 aromatic carbocycles. The van der Waals surface area contributed by atoms with E-state index in [0.717, 1.165) is 15.6 Å². The first kappa shape index (κ1) is 31.5. The highest BCUT2D eigenvalue weighted by Crippen LogP contribution is 2.36. The first-order valence-corrected chi connectivity index (χ1v) is 14.9. The van der Waals surface area contributed by atoms with Crippen LogP contribution in [-0.4, -0.2) is 17.4 Å². The van der Waals surface area contributed by atoms with E-state index in [4.69, 9.17) is 14.2 Å². The number of benzene rings is 4. The van der Waals surface area contributed by atoms with E-state index in [1.165, 1.54) is 18.2 Å². The van der Waals surface area contributed by atoms with Crippen LogP contribution in [0.1, 0.15) is 23.6 Å². The third-order valence-electron chi connectivity index (χ3n) is 5.97. The summed E-state index contributed by atoms with van der Waals surface area (Å²) in [6.07, 6.45) is 1.48. The van der Waals surface area contributed by atoms with Crippen molar-refractivity contribution in [3.05, 3.63) is 125 Å². The van der Waals surface area contributed by atoms with E-state index < -0.39 is 10.8 Å². The highest BCUT2D eigenvalue weighted by atomic mass is 127. The van der Waals surface area contributed by atoms with Crippen molar-refractivity contribution in [1.29, 1.82) is 5.26 Å². The molecule has 0 bridgehead atoms. The van der Waals surface area contributed by atoms with Gasteiger partial charge in [0.1, 0.15) is 30.6 Å². The molecule has 0 aliphatic heterocycles. The van der Waals surface area contributed by atoms with E-state index in [2.05, 4.69) is 43.8 Å². The molecule has 1 N–H and O–H groups in total. The number of rotatable bonds is 12. The number of carbonyl (C=O) groups excluding carboxylic acids is 1. The van der Waals surface area contributed by atoms with E-state index in [1.54, 1.807) is 48.5 Å². The van der Waals surface area contributed by atoms with Crippen molar-refractivity contribution in [3.8, 4) is 23.3 Å². The standard InChI is InChI=1S/C32H25BrIN3O6/c1-2-41-30-17-23(16-29(34)31(30)43-20-22-5-11-27(12-6-22)37(39)40)15-24(18-35)32(38)36-26-9-13-28(14-10-26)42-19-21-3-7-25(33)8-4-21/h3-17H,2,19-20H2,1H3,(H,36,38)/b24-15+. The molecule has 0 fully saturated rings. The summed E-state index contributed by atoms with van der Waals surface area (Å²) in [4.78, 5) is 23.4. The Morgan fingerprint density at radius 2 is 1.60 bits per heavy atom. The number of nitro groups is 1. The molecule has 0 saturated carbocycles. The fraction of sp³-hybridized carbons (Fsp3) is 0.125. The highest BCUT2D eigenvalue weighted by Gasteiger charge is 2.15. The van der Waals surface area contributed by atoms with E-state index in [0.29, 0.717) is 45.3 Å². The molecule has 43 heavy (non-hydrogen) atoms. The molecule has 11 heteroatoms. The van der Waals surface area contributed by atoms with E-state index in [9.17, 15) is 20.2 Å². The molecule has 1 amide bonds. The highest BCUT2D eigenvalue weighted by molar-refractivity contribution is 14.1. The molecule has 0 heterocycles. The summed E-state index contributed by atoms with van der Waals surface area (Å²) < 4.78 is 19.3. The number of non-ortho nitro benzene ring substituents is 1. The average molecular weight is 754 g/mol. The second-order valence-electron chi connectivity index (χ2n) is 9.04. The van der Waals surface area contributed by atoms with Crippen molar-refractivity contribution >= 4 is 61.9 Å². The monoisotopic (exact) mass is 753 g/mol. The third-order valence-corrected chi connectivity index (χ3v) is 7.30. The van der Waals surface area contributed by atoms with E-state index in [1.807, 2.05) is 37.3 Å². The first-order valence-electron chi connectivity index (χ1n) is 13.0. The fourth-order valence-corrected chi connectivity index (χ4v) is 4.88. The Balaban J connectivity index is 1.43. The number of hydrogen-bond acceptors (Lipinski definition) is 7. The number of nitro benzene ring substituents is 1. The van der Waals surface area contributed by atoms with Gasteiger partial charge in [-0.25, -0.2) is 0 Å². The Kier molecular flexibility index (Phi) is 11.1. The van der Waals surface area contributed by atoms with Gasteiger partial charge in [-0.15, -0.1) is 0 Å². The van der Waals surface area contributed by atoms with E-state index in [-0.39, 0.29) is 17.9 Å². The molecule has 4 aromatic rings. The van der Waals surface area contributed by atoms with Crippen LogP contribution in [0.4, 0.5) is 11.4 Å². The maximum absolute atomic E-state index is 12.9. The summed E-state index contributed by atoms with van der Waals surface area (Å²) in [5.41, 5.74) is 2.78. The largest absolute Gasteiger partial charge is 0.490 e. The second-order valence-corrected chi connectivity index (χ2v) is 11.1. The van der Waals surface area contributed by atoms with Gasteiger partial charge in [-0.2, -0.15) is 5.26 Å². The van der Waals surface area contributed by atoms with Crippen LogP contribution in [0.2, 0.25) is 0 Å². The number of hydrogen-bond donors (Lipinski definition) is 1. The van der Waals surface area contributed by atoms with Crippen LogP contribution in [0.25, 0.3) is 6.08 Å². The van der Waals surface area contributed by atoms with Gasteiger partial charge in [-0.05, 0) is 113 Å². The Hall–Kier alpha value is -4.41. The lowest BCUT2D eigenvalue weighted by molar-refractivity contribution is -0.384. The van der Waals surface area contributed by atoms with E-state index >= 15 is 0 Å². The van der Waals surface area contributed by atoms with Gasteiger partial charge in [0, 0.05) is 22.3 Å². The third kappa shape index (κ3) is 9.04. The average Bonchev–Trinajstić information content (AvgIpc) is 3.00. The van der Waals surface area contributed by atoms with Gasteiger partial charge >= 0.3 is 0 Å². The fourth-order valence-electron chi connectivity index (χ4n) is 3.84. The summed E-state index contributed by atoms with van der Waals surface area (Å²) in [7, 11) is 0. The van der Waals surface area contributed by atoms with Crippen LogP contribution in [0, 0.1) is 25.0 Å². The SMILES string of the molecule is CCOc1cc(/C=C(\C#N)C(=O)Nc2ccc(OCc3ccc(Br)cc3)cc2)cc(I)c1OCc1ccc([N+](=O)[O-])cc1. The smallest absolute Gasteiger partial charge is 0.269 e. The number of halogens is 2. The quantitative estimate of drug-likeness (QED) is 0.0510. The van der Waals surface area contributed by atoms with Gasteiger partial charge < -0.3 is 19.5 Å². The summed E-state index contributed by atoms with van der Waals surface area (Å²) in [6, 6.07) is 26.3. The maximum Gasteiger partial charge on any atom is 0.269 e. The Bertz CT molecular complexity index is 1670. The lowest BCUT2D eigenvalue weighted by atomic mass is 10.1. The predicted molar refractivity (Wildman–Crippen MR) is 175 cm³/mol. The number of nitriles is 1. The number of anilines is 1. The molecule has 0 aliphatic rings. The minimum absolute atomic E-state index is 0.000398. The minimum atomic E-state index is -0.558.